The second-order valence-corrected chi connectivity index (χ2v) is 14.8. The Morgan fingerprint density at radius 3 is 2.66 bits per heavy atom. The number of nitrogens with zero attached hydrogens (tertiary/aromatic N) is 3. The van der Waals surface area contributed by atoms with Crippen molar-refractivity contribution in [3.05, 3.63) is 116 Å². The summed E-state index contributed by atoms with van der Waals surface area (Å²) in [6.45, 7) is 7.44. The number of fused-ring (bicyclic) bond motifs is 3. The van der Waals surface area contributed by atoms with E-state index in [1.165, 1.54) is 6.07 Å². The van der Waals surface area contributed by atoms with E-state index >= 15 is 0 Å². The maximum absolute atomic E-state index is 14.9. The van der Waals surface area contributed by atoms with E-state index in [4.69, 9.17) is 30.8 Å². The van der Waals surface area contributed by atoms with Gasteiger partial charge in [0.25, 0.3) is 11.7 Å². The van der Waals surface area contributed by atoms with Crippen LogP contribution in [-0.4, -0.2) is 56.1 Å². The number of H-pyrrole nitrogens is 2. The highest BCUT2D eigenvalue weighted by Gasteiger charge is 2.43. The smallest absolute Gasteiger partial charge is 0.323 e. The average molecular weight is 737 g/mol. The number of likely N-dealkylation sites (tertiary alicyclic amines) is 1. The van der Waals surface area contributed by atoms with Crippen molar-refractivity contribution in [3.8, 4) is 11.5 Å². The second-order valence-electron chi connectivity index (χ2n) is 14.4. The van der Waals surface area contributed by atoms with E-state index in [9.17, 15) is 14.0 Å². The highest BCUT2D eigenvalue weighted by molar-refractivity contribution is 6.30. The molecule has 2 fully saturated rings. The van der Waals surface area contributed by atoms with E-state index in [2.05, 4.69) is 30.8 Å². The lowest BCUT2D eigenvalue weighted by Gasteiger charge is -2.33. The van der Waals surface area contributed by atoms with Crippen LogP contribution in [0.1, 0.15) is 65.0 Å². The van der Waals surface area contributed by atoms with Crippen molar-refractivity contribution in [2.75, 3.05) is 25.0 Å². The number of para-hydroxylation sites is 1. The summed E-state index contributed by atoms with van der Waals surface area (Å²) in [5.74, 6) is 0.418. The van der Waals surface area contributed by atoms with Gasteiger partial charge in [-0.15, -0.1) is 0 Å². The Morgan fingerprint density at radius 1 is 1.06 bits per heavy atom. The first-order valence-electron chi connectivity index (χ1n) is 17.9. The third-order valence-electron chi connectivity index (χ3n) is 10.8. The predicted molar refractivity (Wildman–Crippen MR) is 199 cm³/mol. The fourth-order valence-electron chi connectivity index (χ4n) is 7.91. The van der Waals surface area contributed by atoms with Crippen LogP contribution in [0.3, 0.4) is 0 Å². The maximum atomic E-state index is 14.9. The molecule has 1 amide bonds. The normalized spacial score (nSPS) is 20.3. The van der Waals surface area contributed by atoms with E-state index in [-0.39, 0.29) is 23.6 Å². The van der Waals surface area contributed by atoms with Crippen LogP contribution in [0.2, 0.25) is 5.02 Å². The number of benzene rings is 4. The summed E-state index contributed by atoms with van der Waals surface area (Å²) in [6.07, 6.45) is 2.94. The van der Waals surface area contributed by atoms with E-state index in [0.717, 1.165) is 72.5 Å². The quantitative estimate of drug-likeness (QED) is 0.149. The van der Waals surface area contributed by atoms with Crippen LogP contribution in [0.15, 0.2) is 71.5 Å². The van der Waals surface area contributed by atoms with Gasteiger partial charge in [-0.1, -0.05) is 23.7 Å². The van der Waals surface area contributed by atoms with Gasteiger partial charge >= 0.3 is 5.69 Å². The van der Waals surface area contributed by atoms with Crippen LogP contribution in [-0.2, 0) is 23.6 Å². The molecule has 53 heavy (non-hydrogen) atoms. The highest BCUT2D eigenvalue weighted by atomic mass is 35.5. The number of anilines is 1. The summed E-state index contributed by atoms with van der Waals surface area (Å²) in [5, 5.41) is 3.29. The van der Waals surface area contributed by atoms with Gasteiger partial charge in [-0.05, 0) is 105 Å². The third-order valence-corrected chi connectivity index (χ3v) is 11.0. The topological polar surface area (TPSA) is 126 Å². The lowest BCUT2D eigenvalue weighted by molar-refractivity contribution is -0.0712. The lowest BCUT2D eigenvalue weighted by Crippen LogP contribution is -2.35. The van der Waals surface area contributed by atoms with Gasteiger partial charge in [-0.3, -0.25) is 9.69 Å². The number of amides is 1. The Balaban J connectivity index is 0.914. The van der Waals surface area contributed by atoms with Crippen molar-refractivity contribution in [2.45, 2.75) is 64.0 Å². The first kappa shape index (κ1) is 33.7. The zero-order chi connectivity index (χ0) is 36.4. The Hall–Kier alpha value is -5.17. The summed E-state index contributed by atoms with van der Waals surface area (Å²) >= 11 is 6.01. The SMILES string of the molecule is Cc1cc(NC(=O)c2ccc3c(c2)nc(CN2CCC(c4cccc5c4OC(C)(c4ccc(Cl)cc4F)O5)CC2)n3C[C@@H]2CCO2)cc2[nH]c(=O)[nH]c12. The highest BCUT2D eigenvalue weighted by Crippen LogP contribution is 2.50. The summed E-state index contributed by atoms with van der Waals surface area (Å²) in [4.78, 5) is 38.3. The van der Waals surface area contributed by atoms with Crippen LogP contribution in [0.4, 0.5) is 10.1 Å². The van der Waals surface area contributed by atoms with Gasteiger partial charge in [0, 0.05) is 35.4 Å². The van der Waals surface area contributed by atoms with Crippen LogP contribution in [0, 0.1) is 12.7 Å². The van der Waals surface area contributed by atoms with Crippen LogP contribution < -0.4 is 20.5 Å². The number of piperidine rings is 1. The third kappa shape index (κ3) is 6.24. The monoisotopic (exact) mass is 736 g/mol. The van der Waals surface area contributed by atoms with Crippen molar-refractivity contribution >= 4 is 45.3 Å². The van der Waals surface area contributed by atoms with Crippen molar-refractivity contribution in [1.82, 2.24) is 24.4 Å². The Morgan fingerprint density at radius 2 is 1.89 bits per heavy atom. The molecule has 0 radical (unpaired) electrons. The maximum Gasteiger partial charge on any atom is 0.323 e. The molecule has 6 aromatic rings. The molecule has 0 spiro atoms. The first-order chi connectivity index (χ1) is 25.6. The molecule has 0 aliphatic carbocycles. The van der Waals surface area contributed by atoms with Crippen LogP contribution in [0.25, 0.3) is 22.1 Å². The molecule has 3 aliphatic rings. The van der Waals surface area contributed by atoms with Crippen molar-refractivity contribution in [1.29, 1.82) is 0 Å². The van der Waals surface area contributed by atoms with Gasteiger partial charge in [0.05, 0.1) is 46.8 Å². The number of hydrogen-bond donors (Lipinski definition) is 3. The Bertz CT molecular complexity index is 2460. The number of aryl methyl sites for hydroxylation is 1. The lowest BCUT2D eigenvalue weighted by atomic mass is 9.88. The van der Waals surface area contributed by atoms with E-state index < -0.39 is 11.6 Å². The van der Waals surface area contributed by atoms with Crippen LogP contribution in [0.5, 0.6) is 11.5 Å². The van der Waals surface area contributed by atoms with E-state index in [0.29, 0.717) is 51.9 Å². The molecular formula is C40H38ClFN6O5. The number of hydrogen-bond acceptors (Lipinski definition) is 7. The van der Waals surface area contributed by atoms with Crippen molar-refractivity contribution < 1.29 is 23.4 Å². The van der Waals surface area contributed by atoms with Gasteiger partial charge in [0.15, 0.2) is 11.5 Å². The second kappa shape index (κ2) is 13.0. The molecule has 2 saturated heterocycles. The molecule has 272 valence electrons. The van der Waals surface area contributed by atoms with Gasteiger partial charge in [-0.25, -0.2) is 14.2 Å². The molecule has 3 aliphatic heterocycles. The Kier molecular flexibility index (Phi) is 8.28. The zero-order valence-corrected chi connectivity index (χ0v) is 30.1. The number of carbonyl (C=O) groups is 1. The number of nitrogens with one attached hydrogen (secondary N) is 3. The summed E-state index contributed by atoms with van der Waals surface area (Å²) < 4.78 is 35.6. The molecular weight excluding hydrogens is 699 g/mol. The minimum absolute atomic E-state index is 0.132. The van der Waals surface area contributed by atoms with Gasteiger partial charge in [-0.2, -0.15) is 0 Å². The first-order valence-corrected chi connectivity index (χ1v) is 18.3. The molecule has 5 heterocycles. The fraction of sp³-hybridized carbons (Fsp3) is 0.325. The zero-order valence-electron chi connectivity index (χ0n) is 29.3. The standard InChI is InChI=1S/C40H38ClFN6O5/c1-22-16-26(19-32-36(22)46-39(50)45-32)43-38(49)24-6-9-33-31(17-24)44-35(48(33)20-27-12-15-51-27)21-47-13-10-23(11-14-47)28-4-3-5-34-37(28)53-40(2,52-34)29-8-7-25(41)18-30(29)42/h3-9,16-19,23,27H,10-15,20-21H2,1-2H3,(H,43,49)(H2,45,46,50)/t27-,40?/m0/s1. The van der Waals surface area contributed by atoms with Crippen molar-refractivity contribution in [2.24, 2.45) is 0 Å². The molecule has 1 unspecified atom stereocenters. The molecule has 11 nitrogen and oxygen atoms in total. The molecule has 0 saturated carbocycles. The molecule has 9 rings (SSSR count). The predicted octanol–water partition coefficient (Wildman–Crippen LogP) is 7.37. The molecule has 0 bridgehead atoms. The molecule has 2 aromatic heterocycles. The van der Waals surface area contributed by atoms with Gasteiger partial charge in [0.2, 0.25) is 0 Å². The minimum atomic E-state index is -1.30. The van der Waals surface area contributed by atoms with E-state index in [1.807, 2.05) is 43.3 Å². The molecule has 3 N–H and O–H groups in total. The molecule has 13 heteroatoms. The number of aromatic nitrogens is 4. The number of halogens is 2. The largest absolute Gasteiger partial charge is 0.444 e. The number of aromatic amines is 2. The fourth-order valence-corrected chi connectivity index (χ4v) is 8.07. The molecule has 2 atom stereocenters. The summed E-state index contributed by atoms with van der Waals surface area (Å²) in [6, 6.07) is 19.6. The molecule has 4 aromatic carbocycles. The number of imidazole rings is 2. The minimum Gasteiger partial charge on any atom is -0.444 e. The summed E-state index contributed by atoms with van der Waals surface area (Å²) in [5.41, 5.74) is 6.07. The number of carbonyl (C=O) groups excluding carboxylic acids is 1. The Labute approximate surface area is 309 Å². The van der Waals surface area contributed by atoms with Gasteiger partial charge in [0.1, 0.15) is 11.6 Å². The van der Waals surface area contributed by atoms with Gasteiger partial charge < -0.3 is 34.1 Å². The van der Waals surface area contributed by atoms with E-state index in [1.54, 1.807) is 25.1 Å². The average Bonchev–Trinajstić information content (AvgIpc) is 3.78. The summed E-state index contributed by atoms with van der Waals surface area (Å²) in [7, 11) is 0. The van der Waals surface area contributed by atoms with Crippen LogP contribution >= 0.6 is 11.6 Å². The number of ether oxygens (including phenoxy) is 3. The van der Waals surface area contributed by atoms with Crippen molar-refractivity contribution in [3.63, 3.8) is 0 Å². The number of rotatable bonds is 8.